The normalized spacial score (nSPS) is 12.8. The minimum atomic E-state index is -0.00568. The third kappa shape index (κ3) is 3.06. The van der Waals surface area contributed by atoms with Crippen molar-refractivity contribution in [3.63, 3.8) is 0 Å². The lowest BCUT2D eigenvalue weighted by molar-refractivity contribution is -0.634. The van der Waals surface area contributed by atoms with Crippen LogP contribution in [-0.2, 0) is 18.0 Å². The topological polar surface area (TPSA) is 8.81 Å². The highest BCUT2D eigenvalue weighted by molar-refractivity contribution is 5.78. The maximum absolute atomic E-state index is 2.50. The molecule has 0 radical (unpaired) electrons. The molecule has 0 saturated heterocycles. The molecule has 26 heavy (non-hydrogen) atoms. The molecule has 0 fully saturated rings. The molecule has 2 nitrogen and oxygen atoms in total. The van der Waals surface area contributed by atoms with E-state index in [-0.39, 0.29) is 11.0 Å². The fraction of sp³-hybridized carbons (Fsp3) is 0.458. The molecular formula is C24H33N2+. The third-order valence-electron chi connectivity index (χ3n) is 5.28. The van der Waals surface area contributed by atoms with E-state index in [0.717, 1.165) is 0 Å². The van der Waals surface area contributed by atoms with Gasteiger partial charge in [0.25, 0.3) is 5.82 Å². The van der Waals surface area contributed by atoms with Crippen molar-refractivity contribution in [2.24, 2.45) is 7.05 Å². The monoisotopic (exact) mass is 349 g/mol. The molecule has 3 rings (SSSR count). The summed E-state index contributed by atoms with van der Waals surface area (Å²) in [7, 11) is 2.20. The zero-order valence-corrected chi connectivity index (χ0v) is 17.9. The van der Waals surface area contributed by atoms with Crippen LogP contribution in [0.4, 0.5) is 0 Å². The molecule has 0 atom stereocenters. The van der Waals surface area contributed by atoms with Crippen LogP contribution >= 0.6 is 0 Å². The zero-order valence-electron chi connectivity index (χ0n) is 17.9. The highest BCUT2D eigenvalue weighted by Gasteiger charge is 2.33. The van der Waals surface area contributed by atoms with E-state index in [0.29, 0.717) is 0 Å². The summed E-state index contributed by atoms with van der Waals surface area (Å²) in [6.07, 6.45) is 0. The standard InChI is InChI=1S/C24H33N2/c1-16-10-11-17(2)19(14-16)22-25(9)21-15-18(23(3,4)5)12-13-20(21)26(22)24(6,7)8/h10-15H,1-9H3/q+1. The second-order valence-electron chi connectivity index (χ2n) is 9.66. The molecule has 2 aromatic carbocycles. The van der Waals surface area contributed by atoms with Crippen LogP contribution in [0.2, 0.25) is 0 Å². The number of rotatable bonds is 1. The van der Waals surface area contributed by atoms with Gasteiger partial charge in [0.15, 0.2) is 11.0 Å². The smallest absolute Gasteiger partial charge is 0.226 e. The quantitative estimate of drug-likeness (QED) is 0.491. The van der Waals surface area contributed by atoms with Crippen LogP contribution in [0.15, 0.2) is 36.4 Å². The minimum Gasteiger partial charge on any atom is -0.226 e. The maximum atomic E-state index is 2.50. The first-order chi connectivity index (χ1) is 11.9. The first-order valence-electron chi connectivity index (χ1n) is 9.54. The number of nitrogens with zero attached hydrogens (tertiary/aromatic N) is 2. The molecule has 0 amide bonds. The average molecular weight is 350 g/mol. The second-order valence-corrected chi connectivity index (χ2v) is 9.66. The lowest BCUT2D eigenvalue weighted by Gasteiger charge is -2.20. The molecule has 1 heterocycles. The summed E-state index contributed by atoms with van der Waals surface area (Å²) in [5.74, 6) is 1.28. The molecule has 2 heteroatoms. The molecule has 138 valence electrons. The van der Waals surface area contributed by atoms with E-state index in [4.69, 9.17) is 0 Å². The molecule has 0 aliphatic carbocycles. The van der Waals surface area contributed by atoms with Crippen molar-refractivity contribution in [1.29, 1.82) is 0 Å². The predicted molar refractivity (Wildman–Crippen MR) is 112 cm³/mol. The highest BCUT2D eigenvalue weighted by atomic mass is 15.2. The van der Waals surface area contributed by atoms with Crippen molar-refractivity contribution >= 4 is 11.0 Å². The van der Waals surface area contributed by atoms with Gasteiger partial charge in [-0.15, -0.1) is 0 Å². The number of hydrogen-bond donors (Lipinski definition) is 0. The van der Waals surface area contributed by atoms with Gasteiger partial charge < -0.3 is 0 Å². The van der Waals surface area contributed by atoms with Crippen LogP contribution in [0.3, 0.4) is 0 Å². The Morgan fingerprint density at radius 3 is 2.08 bits per heavy atom. The number of imidazole rings is 1. The van der Waals surface area contributed by atoms with Crippen molar-refractivity contribution in [2.45, 2.75) is 66.3 Å². The SMILES string of the molecule is Cc1ccc(C)c(-c2n(C(C)(C)C)c3ccc(C(C)(C)C)cc3[n+]2C)c1. The van der Waals surface area contributed by atoms with Gasteiger partial charge >= 0.3 is 0 Å². The molecule has 3 aromatic rings. The molecule has 0 spiro atoms. The molecule has 0 bridgehead atoms. The Labute approximate surface area is 158 Å². The van der Waals surface area contributed by atoms with Gasteiger partial charge in [0, 0.05) is 0 Å². The molecule has 0 saturated carbocycles. The van der Waals surface area contributed by atoms with Gasteiger partial charge in [-0.1, -0.05) is 44.5 Å². The summed E-state index contributed by atoms with van der Waals surface area (Å²) in [4.78, 5) is 0. The fourth-order valence-corrected chi connectivity index (χ4v) is 3.78. The largest absolute Gasteiger partial charge is 0.290 e. The summed E-state index contributed by atoms with van der Waals surface area (Å²) < 4.78 is 4.87. The van der Waals surface area contributed by atoms with Crippen LogP contribution in [0.5, 0.6) is 0 Å². The van der Waals surface area contributed by atoms with Crippen molar-refractivity contribution in [1.82, 2.24) is 4.57 Å². The van der Waals surface area contributed by atoms with Crippen LogP contribution in [0, 0.1) is 13.8 Å². The Balaban J connectivity index is 2.45. The van der Waals surface area contributed by atoms with Crippen LogP contribution in [0.25, 0.3) is 22.4 Å². The average Bonchev–Trinajstić information content (AvgIpc) is 2.81. The Morgan fingerprint density at radius 2 is 1.50 bits per heavy atom. The predicted octanol–water partition coefficient (Wildman–Crippen LogP) is 5.80. The Kier molecular flexibility index (Phi) is 4.29. The lowest BCUT2D eigenvalue weighted by Crippen LogP contribution is -2.33. The van der Waals surface area contributed by atoms with Crippen LogP contribution in [-0.4, -0.2) is 4.57 Å². The Hall–Kier alpha value is -2.09. The Bertz CT molecular complexity index is 976. The summed E-state index contributed by atoms with van der Waals surface area (Å²) in [6, 6.07) is 13.7. The molecule has 1 aromatic heterocycles. The molecule has 0 N–H and O–H groups in total. The van der Waals surface area contributed by atoms with Crippen molar-refractivity contribution in [3.8, 4) is 11.4 Å². The van der Waals surface area contributed by atoms with Gasteiger partial charge in [-0.3, -0.25) is 0 Å². The maximum Gasteiger partial charge on any atom is 0.290 e. The summed E-state index contributed by atoms with van der Waals surface area (Å²) in [6.45, 7) is 18.1. The lowest BCUT2D eigenvalue weighted by atomic mass is 9.87. The van der Waals surface area contributed by atoms with E-state index in [1.807, 2.05) is 0 Å². The van der Waals surface area contributed by atoms with E-state index in [9.17, 15) is 0 Å². The van der Waals surface area contributed by atoms with Crippen molar-refractivity contribution in [2.75, 3.05) is 0 Å². The van der Waals surface area contributed by atoms with E-state index >= 15 is 0 Å². The van der Waals surface area contributed by atoms with E-state index in [1.165, 1.54) is 39.1 Å². The third-order valence-corrected chi connectivity index (χ3v) is 5.28. The van der Waals surface area contributed by atoms with Gasteiger partial charge in [0.05, 0.1) is 12.6 Å². The van der Waals surface area contributed by atoms with Gasteiger partial charge in [0.2, 0.25) is 0 Å². The van der Waals surface area contributed by atoms with E-state index in [1.54, 1.807) is 0 Å². The zero-order chi connectivity index (χ0) is 19.4. The van der Waals surface area contributed by atoms with E-state index in [2.05, 4.69) is 108 Å². The number of aryl methyl sites for hydroxylation is 3. The van der Waals surface area contributed by atoms with Crippen LogP contribution in [0.1, 0.15) is 58.2 Å². The van der Waals surface area contributed by atoms with Crippen LogP contribution < -0.4 is 4.57 Å². The summed E-state index contributed by atoms with van der Waals surface area (Å²) in [5.41, 5.74) is 8.03. The Morgan fingerprint density at radius 1 is 0.846 bits per heavy atom. The summed E-state index contributed by atoms with van der Waals surface area (Å²) >= 11 is 0. The molecular weight excluding hydrogens is 316 g/mol. The molecule has 0 aliphatic heterocycles. The van der Waals surface area contributed by atoms with Gasteiger partial charge in [-0.2, -0.15) is 0 Å². The minimum absolute atomic E-state index is 0.00568. The van der Waals surface area contributed by atoms with Crippen molar-refractivity contribution < 1.29 is 4.57 Å². The number of hydrogen-bond acceptors (Lipinski definition) is 0. The fourth-order valence-electron chi connectivity index (χ4n) is 3.78. The van der Waals surface area contributed by atoms with Gasteiger partial charge in [0.1, 0.15) is 5.54 Å². The number of benzene rings is 2. The van der Waals surface area contributed by atoms with Gasteiger partial charge in [-0.25, -0.2) is 9.13 Å². The highest BCUT2D eigenvalue weighted by Crippen LogP contribution is 2.33. The summed E-state index contributed by atoms with van der Waals surface area (Å²) in [5, 5.41) is 0. The molecule has 0 aliphatic rings. The van der Waals surface area contributed by atoms with Gasteiger partial charge in [-0.05, 0) is 69.4 Å². The second kappa shape index (κ2) is 5.97. The number of fused-ring (bicyclic) bond motifs is 1. The van der Waals surface area contributed by atoms with E-state index < -0.39 is 0 Å². The number of aromatic nitrogens is 2. The first kappa shape index (κ1) is 18.7. The first-order valence-corrected chi connectivity index (χ1v) is 9.54. The van der Waals surface area contributed by atoms with Crippen molar-refractivity contribution in [3.05, 3.63) is 53.1 Å². The molecule has 0 unspecified atom stereocenters.